The molecule has 4 aromatic rings. The van der Waals surface area contributed by atoms with Crippen LogP contribution in [-0.4, -0.2) is 15.5 Å². The van der Waals surface area contributed by atoms with Gasteiger partial charge >= 0.3 is 0 Å². The van der Waals surface area contributed by atoms with Crippen molar-refractivity contribution in [3.63, 3.8) is 0 Å². The van der Waals surface area contributed by atoms with Gasteiger partial charge in [-0.05, 0) is 36.0 Å². The fourth-order valence-corrected chi connectivity index (χ4v) is 5.12. The van der Waals surface area contributed by atoms with Crippen molar-refractivity contribution in [2.75, 3.05) is 0 Å². The lowest BCUT2D eigenvalue weighted by Gasteiger charge is -2.26. The second-order valence-corrected chi connectivity index (χ2v) is 8.44. The van der Waals surface area contributed by atoms with Gasteiger partial charge in [-0.3, -0.25) is 14.2 Å². The van der Waals surface area contributed by atoms with Gasteiger partial charge in [0.25, 0.3) is 5.56 Å². The number of hydrogen-bond acceptors (Lipinski definition) is 4. The predicted molar refractivity (Wildman–Crippen MR) is 120 cm³/mol. The zero-order valence-electron chi connectivity index (χ0n) is 16.4. The molecule has 1 unspecified atom stereocenters. The highest BCUT2D eigenvalue weighted by Crippen LogP contribution is 2.31. The zero-order chi connectivity index (χ0) is 20.5. The molecular formula is C24H21N3O2S. The molecule has 1 aliphatic carbocycles. The Balaban J connectivity index is 1.42. The van der Waals surface area contributed by atoms with Crippen LogP contribution in [0.3, 0.4) is 0 Å². The number of thiophene rings is 1. The first kappa shape index (κ1) is 18.8. The molecule has 5 nitrogen and oxygen atoms in total. The highest BCUT2D eigenvalue weighted by Gasteiger charge is 2.22. The van der Waals surface area contributed by atoms with E-state index in [4.69, 9.17) is 0 Å². The summed E-state index contributed by atoms with van der Waals surface area (Å²) in [4.78, 5) is 31.1. The maximum atomic E-state index is 13.2. The average molecular weight is 416 g/mol. The third kappa shape index (κ3) is 3.44. The van der Waals surface area contributed by atoms with Crippen molar-refractivity contribution >= 4 is 27.5 Å². The molecule has 2 aromatic carbocycles. The molecule has 0 radical (unpaired) electrons. The van der Waals surface area contributed by atoms with Gasteiger partial charge in [-0.15, -0.1) is 11.3 Å². The molecule has 0 saturated carbocycles. The maximum Gasteiger partial charge on any atom is 0.263 e. The molecule has 0 bridgehead atoms. The molecule has 1 aliphatic rings. The molecule has 150 valence electrons. The summed E-state index contributed by atoms with van der Waals surface area (Å²) in [6.45, 7) is -0.0372. The average Bonchev–Trinajstić information content (AvgIpc) is 3.22. The summed E-state index contributed by atoms with van der Waals surface area (Å²) < 4.78 is 1.41. The number of rotatable bonds is 4. The van der Waals surface area contributed by atoms with E-state index in [9.17, 15) is 9.59 Å². The van der Waals surface area contributed by atoms with Crippen molar-refractivity contribution in [2.24, 2.45) is 0 Å². The van der Waals surface area contributed by atoms with E-state index in [1.807, 2.05) is 47.8 Å². The first-order valence-corrected chi connectivity index (χ1v) is 11.0. The largest absolute Gasteiger partial charge is 0.348 e. The van der Waals surface area contributed by atoms with Crippen molar-refractivity contribution in [2.45, 2.75) is 31.8 Å². The quantitative estimate of drug-likeness (QED) is 0.540. The number of fused-ring (bicyclic) bond motifs is 2. The molecule has 30 heavy (non-hydrogen) atoms. The molecule has 2 aromatic heterocycles. The monoisotopic (exact) mass is 415 g/mol. The van der Waals surface area contributed by atoms with Gasteiger partial charge in [0.05, 0.1) is 17.8 Å². The van der Waals surface area contributed by atoms with Gasteiger partial charge in [0.2, 0.25) is 5.91 Å². The minimum Gasteiger partial charge on any atom is -0.348 e. The summed E-state index contributed by atoms with van der Waals surface area (Å²) >= 11 is 1.45. The second-order valence-electron chi connectivity index (χ2n) is 7.58. The van der Waals surface area contributed by atoms with Crippen molar-refractivity contribution < 1.29 is 4.79 Å². The third-order valence-electron chi connectivity index (χ3n) is 5.66. The molecule has 6 heteroatoms. The van der Waals surface area contributed by atoms with Crippen LogP contribution in [0.1, 0.15) is 30.0 Å². The van der Waals surface area contributed by atoms with Crippen molar-refractivity contribution in [3.8, 4) is 11.1 Å². The minimum absolute atomic E-state index is 0.00382. The number of nitrogens with zero attached hydrogens (tertiary/aromatic N) is 2. The number of aryl methyl sites for hydroxylation is 1. The van der Waals surface area contributed by atoms with Gasteiger partial charge < -0.3 is 5.32 Å². The molecule has 0 spiro atoms. The second kappa shape index (κ2) is 7.88. The number of nitrogens with one attached hydrogen (secondary N) is 1. The van der Waals surface area contributed by atoms with E-state index in [1.54, 1.807) is 0 Å². The van der Waals surface area contributed by atoms with Gasteiger partial charge in [-0.25, -0.2) is 4.98 Å². The van der Waals surface area contributed by atoms with Gasteiger partial charge in [-0.1, -0.05) is 54.6 Å². The summed E-state index contributed by atoms with van der Waals surface area (Å²) in [7, 11) is 0. The number of carbonyl (C=O) groups excluding carboxylic acids is 1. The standard InChI is InChI=1S/C24H21N3O2S/c28-21(26-20-12-6-10-16-9-4-5-11-18(16)20)13-27-15-25-23-22(24(27)29)19(14-30-23)17-7-2-1-3-8-17/h1-5,7-9,11,14-15,20H,6,10,12-13H2,(H,26,28). The number of benzene rings is 2. The summed E-state index contributed by atoms with van der Waals surface area (Å²) in [5.74, 6) is -0.170. The topological polar surface area (TPSA) is 64.0 Å². The van der Waals surface area contributed by atoms with Crippen LogP contribution in [0.4, 0.5) is 0 Å². The third-order valence-corrected chi connectivity index (χ3v) is 6.55. The first-order chi connectivity index (χ1) is 14.7. The van der Waals surface area contributed by atoms with E-state index in [0.717, 1.165) is 30.4 Å². The van der Waals surface area contributed by atoms with Crippen LogP contribution in [0.25, 0.3) is 21.3 Å². The molecule has 0 fully saturated rings. The van der Waals surface area contributed by atoms with E-state index >= 15 is 0 Å². The fourth-order valence-electron chi connectivity index (χ4n) is 4.21. The first-order valence-electron chi connectivity index (χ1n) is 10.1. The number of carbonyl (C=O) groups is 1. The van der Waals surface area contributed by atoms with Crippen LogP contribution in [0.15, 0.2) is 71.1 Å². The van der Waals surface area contributed by atoms with Gasteiger partial charge in [-0.2, -0.15) is 0 Å². The summed E-state index contributed by atoms with van der Waals surface area (Å²) in [5, 5.41) is 5.64. The number of hydrogen-bond donors (Lipinski definition) is 1. The zero-order valence-corrected chi connectivity index (χ0v) is 17.2. The molecule has 0 saturated heterocycles. The van der Waals surface area contributed by atoms with Gasteiger partial charge in [0.15, 0.2) is 0 Å². The molecular weight excluding hydrogens is 394 g/mol. The van der Waals surface area contributed by atoms with Crippen LogP contribution in [0, 0.1) is 0 Å². The molecule has 1 N–H and O–H groups in total. The predicted octanol–water partition coefficient (Wildman–Crippen LogP) is 4.32. The van der Waals surface area contributed by atoms with Gasteiger partial charge in [0.1, 0.15) is 11.4 Å². The van der Waals surface area contributed by atoms with Crippen LogP contribution < -0.4 is 10.9 Å². The molecule has 5 rings (SSSR count). The van der Waals surface area contributed by atoms with Crippen molar-refractivity contribution in [1.82, 2.24) is 14.9 Å². The van der Waals surface area contributed by atoms with E-state index in [1.165, 1.54) is 33.4 Å². The fraction of sp³-hybridized carbons (Fsp3) is 0.208. The highest BCUT2D eigenvalue weighted by molar-refractivity contribution is 7.17. The Labute approximate surface area is 178 Å². The highest BCUT2D eigenvalue weighted by atomic mass is 32.1. The Hall–Kier alpha value is -3.25. The molecule has 1 amide bonds. The summed E-state index contributed by atoms with van der Waals surface area (Å²) in [6.07, 6.45) is 4.48. The number of amides is 1. The van der Waals surface area contributed by atoms with Crippen LogP contribution in [0.5, 0.6) is 0 Å². The normalized spacial score (nSPS) is 15.7. The van der Waals surface area contributed by atoms with E-state index < -0.39 is 0 Å². The molecule has 0 aliphatic heterocycles. The van der Waals surface area contributed by atoms with Crippen molar-refractivity contribution in [1.29, 1.82) is 0 Å². The molecule has 1 atom stereocenters. The Morgan fingerprint density at radius 3 is 2.80 bits per heavy atom. The minimum atomic E-state index is -0.181. The van der Waals surface area contributed by atoms with Crippen molar-refractivity contribution in [3.05, 3.63) is 87.8 Å². The summed E-state index contributed by atoms with van der Waals surface area (Å²) in [6, 6.07) is 18.0. The van der Waals surface area contributed by atoms with Crippen LogP contribution in [-0.2, 0) is 17.8 Å². The lowest BCUT2D eigenvalue weighted by atomic mass is 9.88. The SMILES string of the molecule is O=C(Cn1cnc2scc(-c3ccccc3)c2c1=O)NC1CCCc2ccccc21. The van der Waals surface area contributed by atoms with Gasteiger partial charge in [0, 0.05) is 10.9 Å². The van der Waals surface area contributed by atoms with E-state index in [0.29, 0.717) is 10.2 Å². The lowest BCUT2D eigenvalue weighted by Crippen LogP contribution is -2.36. The Morgan fingerprint density at radius 1 is 1.13 bits per heavy atom. The van der Waals surface area contributed by atoms with E-state index in [2.05, 4.69) is 22.4 Å². The number of aromatic nitrogens is 2. The Bertz CT molecular complexity index is 1280. The van der Waals surface area contributed by atoms with Crippen LogP contribution >= 0.6 is 11.3 Å². The van der Waals surface area contributed by atoms with Crippen LogP contribution in [0.2, 0.25) is 0 Å². The molecule has 2 heterocycles. The van der Waals surface area contributed by atoms with E-state index in [-0.39, 0.29) is 24.1 Å². The summed E-state index contributed by atoms with van der Waals surface area (Å²) in [5.41, 5.74) is 4.13. The lowest BCUT2D eigenvalue weighted by molar-refractivity contribution is -0.122. The Kier molecular flexibility index (Phi) is 4.93. The Morgan fingerprint density at radius 2 is 1.93 bits per heavy atom. The maximum absolute atomic E-state index is 13.2. The smallest absolute Gasteiger partial charge is 0.263 e.